The lowest BCUT2D eigenvalue weighted by Crippen LogP contribution is -2.59. The molecule has 0 bridgehead atoms. The summed E-state index contributed by atoms with van der Waals surface area (Å²) < 4.78 is 11.8. The Morgan fingerprint density at radius 2 is 2.18 bits per heavy atom. The molecule has 3 heterocycles. The highest BCUT2D eigenvalue weighted by molar-refractivity contribution is 5.58. The predicted octanol–water partition coefficient (Wildman–Crippen LogP) is 1.74. The van der Waals surface area contributed by atoms with Crippen molar-refractivity contribution in [2.24, 2.45) is 0 Å². The minimum Gasteiger partial charge on any atom is -0.378 e. The van der Waals surface area contributed by atoms with Crippen LogP contribution >= 0.6 is 0 Å². The Morgan fingerprint density at radius 1 is 1.36 bits per heavy atom. The zero-order valence-electron chi connectivity index (χ0n) is 13.4. The molecule has 6 nitrogen and oxygen atoms in total. The molecule has 6 heteroatoms. The van der Waals surface area contributed by atoms with Crippen LogP contribution in [0.2, 0.25) is 0 Å². The summed E-state index contributed by atoms with van der Waals surface area (Å²) in [5.74, 6) is 0.672. The molecule has 0 aromatic carbocycles. The van der Waals surface area contributed by atoms with Crippen LogP contribution in [-0.4, -0.2) is 48.2 Å². The molecule has 3 rings (SSSR count). The van der Waals surface area contributed by atoms with Gasteiger partial charge in [0.2, 0.25) is 0 Å². The Hall–Kier alpha value is -1.71. The Labute approximate surface area is 131 Å². The van der Waals surface area contributed by atoms with E-state index in [2.05, 4.69) is 28.1 Å². The molecular formula is C16H22N4O2. The normalized spacial score (nSPS) is 28.6. The lowest BCUT2D eigenvalue weighted by atomic mass is 9.93. The van der Waals surface area contributed by atoms with Crippen LogP contribution in [0.15, 0.2) is 0 Å². The molecule has 0 aliphatic carbocycles. The fourth-order valence-corrected chi connectivity index (χ4v) is 3.38. The third kappa shape index (κ3) is 2.67. The van der Waals surface area contributed by atoms with Crippen molar-refractivity contribution in [2.75, 3.05) is 31.2 Å². The molecule has 0 amide bonds. The largest absolute Gasteiger partial charge is 0.378 e. The number of anilines is 1. The topological polar surface area (TPSA) is 71.3 Å². The minimum atomic E-state index is -0.289. The van der Waals surface area contributed by atoms with Crippen molar-refractivity contribution in [3.05, 3.63) is 16.8 Å². The van der Waals surface area contributed by atoms with E-state index in [1.165, 1.54) is 0 Å². The number of ether oxygens (including phenoxy) is 2. The second-order valence-corrected chi connectivity index (χ2v) is 6.37. The summed E-state index contributed by atoms with van der Waals surface area (Å²) >= 11 is 0. The molecule has 2 fully saturated rings. The smallest absolute Gasteiger partial charge is 0.169 e. The van der Waals surface area contributed by atoms with Crippen molar-refractivity contribution in [1.29, 1.82) is 5.26 Å². The Balaban J connectivity index is 1.94. The Kier molecular flexibility index (Phi) is 4.02. The van der Waals surface area contributed by atoms with Crippen molar-refractivity contribution >= 4 is 5.82 Å². The zero-order chi connectivity index (χ0) is 15.7. The van der Waals surface area contributed by atoms with Gasteiger partial charge in [-0.2, -0.15) is 10.4 Å². The molecule has 0 N–H and O–H groups in total. The van der Waals surface area contributed by atoms with Crippen molar-refractivity contribution in [1.82, 2.24) is 10.2 Å². The van der Waals surface area contributed by atoms with Crippen molar-refractivity contribution < 1.29 is 9.47 Å². The first-order chi connectivity index (χ1) is 10.5. The van der Waals surface area contributed by atoms with Crippen molar-refractivity contribution in [3.63, 3.8) is 0 Å². The van der Waals surface area contributed by atoms with E-state index >= 15 is 0 Å². The number of aryl methyl sites for hydroxylation is 1. The molecule has 2 aliphatic heterocycles. The minimum absolute atomic E-state index is 0.0744. The lowest BCUT2D eigenvalue weighted by Gasteiger charge is -2.47. The number of hydrogen-bond donors (Lipinski definition) is 0. The van der Waals surface area contributed by atoms with E-state index in [0.29, 0.717) is 31.1 Å². The maximum atomic E-state index is 9.52. The van der Waals surface area contributed by atoms with Gasteiger partial charge in [0, 0.05) is 13.2 Å². The molecule has 0 radical (unpaired) electrons. The van der Waals surface area contributed by atoms with E-state index in [-0.39, 0.29) is 11.7 Å². The first-order valence-electron chi connectivity index (χ1n) is 7.79. The molecule has 22 heavy (non-hydrogen) atoms. The maximum absolute atomic E-state index is 9.52. The summed E-state index contributed by atoms with van der Waals surface area (Å²) in [5, 5.41) is 18.0. The molecule has 2 aliphatic rings. The van der Waals surface area contributed by atoms with Crippen LogP contribution in [0.3, 0.4) is 0 Å². The van der Waals surface area contributed by atoms with Crippen LogP contribution < -0.4 is 4.90 Å². The summed E-state index contributed by atoms with van der Waals surface area (Å²) in [6, 6.07) is 2.29. The second-order valence-electron chi connectivity index (χ2n) is 6.37. The van der Waals surface area contributed by atoms with E-state index in [9.17, 15) is 5.26 Å². The maximum Gasteiger partial charge on any atom is 0.169 e. The van der Waals surface area contributed by atoms with Crippen molar-refractivity contribution in [3.8, 4) is 6.07 Å². The quantitative estimate of drug-likeness (QED) is 0.787. The van der Waals surface area contributed by atoms with E-state index in [4.69, 9.17) is 9.47 Å². The second kappa shape index (κ2) is 5.82. The first-order valence-corrected chi connectivity index (χ1v) is 7.79. The standard InChI is InChI=1S/C16H22N4O2/c1-11-8-20(9-16(22-11)5-4-6-21-10-16)15-14(7-17)12(2)13(3)18-19-15/h11H,4-6,8-10H2,1-3H3/t11-,16+/m1/s1. The fourth-order valence-electron chi connectivity index (χ4n) is 3.38. The average Bonchev–Trinajstić information content (AvgIpc) is 2.49. The monoisotopic (exact) mass is 302 g/mol. The van der Waals surface area contributed by atoms with Gasteiger partial charge in [0.25, 0.3) is 0 Å². The van der Waals surface area contributed by atoms with Crippen molar-refractivity contribution in [2.45, 2.75) is 45.3 Å². The number of hydrogen-bond acceptors (Lipinski definition) is 6. The van der Waals surface area contributed by atoms with Crippen LogP contribution in [0.1, 0.15) is 36.6 Å². The zero-order valence-corrected chi connectivity index (χ0v) is 13.4. The van der Waals surface area contributed by atoms with Gasteiger partial charge < -0.3 is 14.4 Å². The molecular weight excluding hydrogens is 280 g/mol. The van der Waals surface area contributed by atoms with Gasteiger partial charge in [-0.05, 0) is 39.2 Å². The van der Waals surface area contributed by atoms with Gasteiger partial charge in [0.1, 0.15) is 17.2 Å². The molecule has 0 saturated carbocycles. The summed E-state index contributed by atoms with van der Waals surface area (Å²) in [5.41, 5.74) is 2.04. The fraction of sp³-hybridized carbons (Fsp3) is 0.688. The number of nitriles is 1. The summed E-state index contributed by atoms with van der Waals surface area (Å²) in [4.78, 5) is 2.14. The molecule has 1 aromatic rings. The van der Waals surface area contributed by atoms with E-state index in [1.807, 2.05) is 13.8 Å². The molecule has 1 spiro atoms. The molecule has 118 valence electrons. The van der Waals surface area contributed by atoms with Gasteiger partial charge in [-0.15, -0.1) is 5.10 Å². The van der Waals surface area contributed by atoms with E-state index in [0.717, 1.165) is 30.7 Å². The van der Waals surface area contributed by atoms with Gasteiger partial charge in [0.05, 0.1) is 24.9 Å². The highest BCUT2D eigenvalue weighted by Gasteiger charge is 2.42. The third-order valence-electron chi connectivity index (χ3n) is 4.54. The van der Waals surface area contributed by atoms with Crippen LogP contribution in [0.5, 0.6) is 0 Å². The summed E-state index contributed by atoms with van der Waals surface area (Å²) in [6.45, 7) is 8.68. The number of aromatic nitrogens is 2. The number of morpholine rings is 1. The molecule has 2 saturated heterocycles. The Morgan fingerprint density at radius 3 is 2.86 bits per heavy atom. The van der Waals surface area contributed by atoms with E-state index in [1.54, 1.807) is 0 Å². The summed E-state index contributed by atoms with van der Waals surface area (Å²) in [6.07, 6.45) is 2.06. The molecule has 0 unspecified atom stereocenters. The van der Waals surface area contributed by atoms with Crippen LogP contribution in [-0.2, 0) is 9.47 Å². The highest BCUT2D eigenvalue weighted by atomic mass is 16.6. The SMILES string of the molecule is Cc1nnc(N2C[C@@H](C)O[C@@]3(CCCOC3)C2)c(C#N)c1C. The van der Waals surface area contributed by atoms with E-state index < -0.39 is 0 Å². The Bertz CT molecular complexity index is 605. The van der Waals surface area contributed by atoms with Crippen LogP contribution in [0.4, 0.5) is 5.82 Å². The van der Waals surface area contributed by atoms with Gasteiger partial charge in [-0.1, -0.05) is 0 Å². The van der Waals surface area contributed by atoms with Gasteiger partial charge in [0.15, 0.2) is 5.82 Å². The number of nitrogens with zero attached hydrogens (tertiary/aromatic N) is 4. The lowest BCUT2D eigenvalue weighted by molar-refractivity contribution is -0.160. The van der Waals surface area contributed by atoms with Gasteiger partial charge >= 0.3 is 0 Å². The number of rotatable bonds is 1. The molecule has 1 aromatic heterocycles. The highest BCUT2D eigenvalue weighted by Crippen LogP contribution is 2.33. The first kappa shape index (κ1) is 15.2. The third-order valence-corrected chi connectivity index (χ3v) is 4.54. The molecule has 2 atom stereocenters. The van der Waals surface area contributed by atoms with Crippen LogP contribution in [0, 0.1) is 25.2 Å². The van der Waals surface area contributed by atoms with Gasteiger partial charge in [-0.3, -0.25) is 0 Å². The predicted molar refractivity (Wildman–Crippen MR) is 81.8 cm³/mol. The average molecular weight is 302 g/mol. The van der Waals surface area contributed by atoms with Crippen LogP contribution in [0.25, 0.3) is 0 Å². The summed E-state index contributed by atoms with van der Waals surface area (Å²) in [7, 11) is 0. The van der Waals surface area contributed by atoms with Gasteiger partial charge in [-0.25, -0.2) is 0 Å².